The molecule has 1 aliphatic carbocycles. The van der Waals surface area contributed by atoms with Crippen LogP contribution >= 0.6 is 0 Å². The maximum Gasteiger partial charge on any atom is 0.333 e. The molecule has 0 radical (unpaired) electrons. The topological polar surface area (TPSA) is 163 Å². The van der Waals surface area contributed by atoms with Crippen molar-refractivity contribution in [2.75, 3.05) is 11.9 Å². The van der Waals surface area contributed by atoms with Gasteiger partial charge in [-0.2, -0.15) is 8.42 Å². The fraction of sp³-hybridized carbons (Fsp3) is 0.381. The second-order valence-corrected chi connectivity index (χ2v) is 9.47. The molecule has 36 heavy (non-hydrogen) atoms. The van der Waals surface area contributed by atoms with Crippen molar-refractivity contribution >= 4 is 21.9 Å². The first kappa shape index (κ1) is 25.8. The molecule has 0 saturated heterocycles. The fourth-order valence-corrected chi connectivity index (χ4v) is 4.34. The molecular weight excluding hydrogens is 507 g/mol. The van der Waals surface area contributed by atoms with E-state index in [9.17, 15) is 31.5 Å². The van der Waals surface area contributed by atoms with Crippen molar-refractivity contribution in [3.8, 4) is 0 Å². The van der Waals surface area contributed by atoms with E-state index in [-0.39, 0.29) is 35.7 Å². The van der Waals surface area contributed by atoms with Crippen LogP contribution in [0, 0.1) is 5.92 Å². The zero-order chi connectivity index (χ0) is 26.0. The number of hydrogen-bond donors (Lipinski definition) is 3. The molecule has 11 nitrogen and oxygen atoms in total. The maximum atomic E-state index is 14.7. The van der Waals surface area contributed by atoms with E-state index in [2.05, 4.69) is 19.5 Å². The third kappa shape index (κ3) is 5.92. The molecule has 0 amide bonds. The average Bonchev–Trinajstić information content (AvgIpc) is 3.54. The lowest BCUT2D eigenvalue weighted by Gasteiger charge is -2.18. The van der Waals surface area contributed by atoms with Gasteiger partial charge in [0.2, 0.25) is 0 Å². The van der Waals surface area contributed by atoms with Crippen LogP contribution in [-0.4, -0.2) is 58.8 Å². The number of nitrogens with zero attached hydrogens (tertiary/aromatic N) is 3. The summed E-state index contributed by atoms with van der Waals surface area (Å²) in [6, 6.07) is 3.11. The number of carbonyl (C=O) groups is 1. The largest absolute Gasteiger partial charge is 0.458 e. The van der Waals surface area contributed by atoms with Gasteiger partial charge in [0.15, 0.2) is 11.5 Å². The summed E-state index contributed by atoms with van der Waals surface area (Å²) < 4.78 is 73.3. The van der Waals surface area contributed by atoms with Gasteiger partial charge in [-0.05, 0) is 24.6 Å². The highest BCUT2D eigenvalue weighted by atomic mass is 32.2. The molecule has 1 aliphatic rings. The Bertz CT molecular complexity index is 1330. The first-order valence-electron chi connectivity index (χ1n) is 10.6. The van der Waals surface area contributed by atoms with Gasteiger partial charge >= 0.3 is 10.3 Å². The minimum atomic E-state index is -4.26. The smallest absolute Gasteiger partial charge is 0.333 e. The highest BCUT2D eigenvalue weighted by Crippen LogP contribution is 2.32. The summed E-state index contributed by atoms with van der Waals surface area (Å²) in [6.45, 7) is -0.391. The maximum absolute atomic E-state index is 14.7. The number of anilines is 1. The van der Waals surface area contributed by atoms with Crippen LogP contribution in [0.3, 0.4) is 0 Å². The van der Waals surface area contributed by atoms with E-state index in [1.807, 2.05) is 0 Å². The van der Waals surface area contributed by atoms with Gasteiger partial charge in [-0.25, -0.2) is 28.3 Å². The van der Waals surface area contributed by atoms with E-state index < -0.39 is 59.1 Å². The monoisotopic (exact) mass is 529 g/mol. The Morgan fingerprint density at radius 1 is 1.36 bits per heavy atom. The van der Waals surface area contributed by atoms with Crippen LogP contribution in [0.2, 0.25) is 0 Å². The van der Waals surface area contributed by atoms with Crippen LogP contribution < -0.4 is 10.5 Å². The third-order valence-corrected chi connectivity index (χ3v) is 6.19. The highest BCUT2D eigenvalue weighted by molar-refractivity contribution is 7.84. The number of aromatic nitrogens is 3. The molecule has 0 spiro atoms. The predicted molar refractivity (Wildman–Crippen MR) is 118 cm³/mol. The number of ketones is 1. The number of aliphatic hydroxyl groups excluding tert-OH is 1. The molecule has 0 aromatic carbocycles. The number of nitrogens with two attached hydrogens (primary N) is 1. The van der Waals surface area contributed by atoms with E-state index >= 15 is 0 Å². The van der Waals surface area contributed by atoms with Crippen molar-refractivity contribution in [2.45, 2.75) is 37.7 Å². The summed E-state index contributed by atoms with van der Waals surface area (Å²) in [4.78, 5) is 21.0. The number of aliphatic hydroxyl groups is 1. The van der Waals surface area contributed by atoms with Gasteiger partial charge in [0, 0.05) is 30.1 Å². The molecule has 4 rings (SSSR count). The van der Waals surface area contributed by atoms with Crippen molar-refractivity contribution in [3.63, 3.8) is 0 Å². The predicted octanol–water partition coefficient (Wildman–Crippen LogP) is 1.81. The molecule has 15 heteroatoms. The van der Waals surface area contributed by atoms with Crippen molar-refractivity contribution in [3.05, 3.63) is 65.8 Å². The molecule has 3 heterocycles. The minimum Gasteiger partial charge on any atom is -0.458 e. The second kappa shape index (κ2) is 10.4. The Labute approximate surface area is 203 Å². The fourth-order valence-electron chi connectivity index (χ4n) is 3.97. The van der Waals surface area contributed by atoms with Gasteiger partial charge in [-0.1, -0.05) is 0 Å². The molecule has 3 aromatic heterocycles. The number of furan rings is 1. The summed E-state index contributed by atoms with van der Waals surface area (Å²) in [5, 5.41) is 17.7. The molecule has 0 bridgehead atoms. The SMILES string of the molecule is NS(=O)(=O)OC[C@H]1C[C@@H](Nc2ncncc2C(=O)c2ccn(Cc3ccc(C(F)F)o3)c2)[C@@H](F)[C@@H]1O. The Balaban J connectivity index is 1.46. The standard InChI is InChI=1S/C21H22F3N5O6S/c22-17-15(5-12(19(17)31)9-34-36(25,32)33)28-21-14(6-26-10-27-21)18(30)11-3-4-29(7-11)8-13-1-2-16(35-13)20(23)24/h1-4,6-7,10,12,15,17,19-20,31H,5,8-9H2,(H2,25,32,33)(H,26,27,28)/t12-,15-,17-,19-/m1/s1. The normalized spacial score (nSPS) is 22.3. The van der Waals surface area contributed by atoms with E-state index in [0.717, 1.165) is 6.33 Å². The van der Waals surface area contributed by atoms with Crippen molar-refractivity contribution < 1.29 is 40.1 Å². The van der Waals surface area contributed by atoms with Crippen LogP contribution in [0.15, 0.2) is 47.5 Å². The van der Waals surface area contributed by atoms with Crippen LogP contribution in [0.4, 0.5) is 19.0 Å². The van der Waals surface area contributed by atoms with Crippen molar-refractivity contribution in [1.29, 1.82) is 0 Å². The molecule has 3 aromatic rings. The summed E-state index contributed by atoms with van der Waals surface area (Å²) in [7, 11) is -4.26. The number of nitrogens with one attached hydrogen (secondary N) is 1. The lowest BCUT2D eigenvalue weighted by Crippen LogP contribution is -2.33. The van der Waals surface area contributed by atoms with E-state index in [1.165, 1.54) is 30.6 Å². The highest BCUT2D eigenvalue weighted by Gasteiger charge is 2.44. The summed E-state index contributed by atoms with van der Waals surface area (Å²) in [5.74, 6) is -1.51. The molecule has 194 valence electrons. The van der Waals surface area contributed by atoms with Crippen LogP contribution in [0.1, 0.15) is 40.3 Å². The Kier molecular flexibility index (Phi) is 7.44. The molecule has 0 unspecified atom stereocenters. The Morgan fingerprint density at radius 3 is 2.83 bits per heavy atom. The first-order chi connectivity index (χ1) is 17.0. The van der Waals surface area contributed by atoms with Crippen molar-refractivity contribution in [2.24, 2.45) is 11.1 Å². The lowest BCUT2D eigenvalue weighted by atomic mass is 10.1. The van der Waals surface area contributed by atoms with E-state index in [4.69, 9.17) is 9.56 Å². The molecule has 1 saturated carbocycles. The number of rotatable bonds is 10. The van der Waals surface area contributed by atoms with Gasteiger partial charge in [0.25, 0.3) is 6.43 Å². The second-order valence-electron chi connectivity index (χ2n) is 8.25. The zero-order valence-corrected chi connectivity index (χ0v) is 19.3. The molecule has 0 aliphatic heterocycles. The molecule has 1 fully saturated rings. The van der Waals surface area contributed by atoms with Gasteiger partial charge in [0.05, 0.1) is 30.9 Å². The van der Waals surface area contributed by atoms with Gasteiger partial charge in [0.1, 0.15) is 24.1 Å². The quantitative estimate of drug-likeness (QED) is 0.333. The average molecular weight is 529 g/mol. The van der Waals surface area contributed by atoms with Crippen LogP contribution in [-0.2, 0) is 21.0 Å². The lowest BCUT2D eigenvalue weighted by molar-refractivity contribution is 0.0501. The zero-order valence-electron chi connectivity index (χ0n) is 18.5. The van der Waals surface area contributed by atoms with E-state index in [0.29, 0.717) is 0 Å². The Morgan fingerprint density at radius 2 is 2.14 bits per heavy atom. The van der Waals surface area contributed by atoms with Gasteiger partial charge in [-0.15, -0.1) is 0 Å². The molecule has 4 N–H and O–H groups in total. The van der Waals surface area contributed by atoms with E-state index in [1.54, 1.807) is 10.8 Å². The molecule has 4 atom stereocenters. The minimum absolute atomic E-state index is 0.0169. The van der Waals surface area contributed by atoms with Gasteiger partial charge in [-0.3, -0.25) is 8.98 Å². The Hall–Kier alpha value is -3.27. The first-order valence-corrected chi connectivity index (χ1v) is 12.1. The van der Waals surface area contributed by atoms with Crippen LogP contribution in [0.25, 0.3) is 0 Å². The number of carbonyl (C=O) groups excluding carboxylic acids is 1. The summed E-state index contributed by atoms with van der Waals surface area (Å²) >= 11 is 0. The number of halogens is 3. The third-order valence-electron chi connectivity index (χ3n) is 5.72. The summed E-state index contributed by atoms with van der Waals surface area (Å²) in [5.41, 5.74) is 0.260. The number of hydrogen-bond acceptors (Lipinski definition) is 9. The molecular formula is C21H22F3N5O6S. The number of alkyl halides is 3. The summed E-state index contributed by atoms with van der Waals surface area (Å²) in [6.07, 6.45) is -0.618. The van der Waals surface area contributed by atoms with Crippen molar-refractivity contribution in [1.82, 2.24) is 14.5 Å². The van der Waals surface area contributed by atoms with Crippen LogP contribution in [0.5, 0.6) is 0 Å². The van der Waals surface area contributed by atoms with Gasteiger partial charge < -0.3 is 19.4 Å².